The first-order chi connectivity index (χ1) is 16.6. The first-order valence-corrected chi connectivity index (χ1v) is 12.2. The number of hydrogen-bond acceptors (Lipinski definition) is 6. The first kappa shape index (κ1) is 24.0. The highest BCUT2D eigenvalue weighted by atomic mass is 16.6. The molecule has 2 heterocycles. The summed E-state index contributed by atoms with van der Waals surface area (Å²) in [4.78, 5) is 28.6. The summed E-state index contributed by atoms with van der Waals surface area (Å²) in [7, 11) is 1.69. The standard InChI is InChI=1S/C26H34N4O4/c1-34-25-12-6-3-9-21(25)24(28-15-7-2-8-16-28)19-27-26(31)20-13-17-29(18-14-20)22-10-4-5-11-23(22)30(32)33/h3-6,9-12,20,24H,2,7-8,13-19H2,1H3,(H,27,31). The van der Waals surface area contributed by atoms with E-state index in [1.807, 2.05) is 29.2 Å². The Morgan fingerprint density at radius 3 is 2.44 bits per heavy atom. The van der Waals surface area contributed by atoms with Crippen LogP contribution >= 0.6 is 0 Å². The molecule has 1 amide bonds. The number of carbonyl (C=O) groups is 1. The van der Waals surface area contributed by atoms with Gasteiger partial charge in [-0.25, -0.2) is 0 Å². The molecule has 2 aliphatic heterocycles. The zero-order chi connectivity index (χ0) is 23.9. The summed E-state index contributed by atoms with van der Waals surface area (Å²) in [6, 6.07) is 15.0. The maximum atomic E-state index is 13.1. The lowest BCUT2D eigenvalue weighted by Crippen LogP contribution is -2.44. The molecule has 2 saturated heterocycles. The van der Waals surface area contributed by atoms with Crippen molar-refractivity contribution in [3.63, 3.8) is 0 Å². The highest BCUT2D eigenvalue weighted by Crippen LogP contribution is 2.33. The Labute approximate surface area is 201 Å². The largest absolute Gasteiger partial charge is 0.496 e. The summed E-state index contributed by atoms with van der Waals surface area (Å²) < 4.78 is 5.63. The number of amides is 1. The van der Waals surface area contributed by atoms with E-state index >= 15 is 0 Å². The van der Waals surface area contributed by atoms with Gasteiger partial charge in [-0.15, -0.1) is 0 Å². The van der Waals surface area contributed by atoms with Crippen LogP contribution in [0.3, 0.4) is 0 Å². The van der Waals surface area contributed by atoms with Crippen molar-refractivity contribution in [2.45, 2.75) is 38.1 Å². The Hall–Kier alpha value is -3.13. The van der Waals surface area contributed by atoms with Crippen LogP contribution in [0.1, 0.15) is 43.7 Å². The van der Waals surface area contributed by atoms with Gasteiger partial charge in [0.2, 0.25) is 5.91 Å². The van der Waals surface area contributed by atoms with Crippen LogP contribution in [-0.2, 0) is 4.79 Å². The monoisotopic (exact) mass is 466 g/mol. The van der Waals surface area contributed by atoms with E-state index in [4.69, 9.17) is 4.74 Å². The minimum atomic E-state index is -0.341. The number of nitrogens with zero attached hydrogens (tertiary/aromatic N) is 3. The van der Waals surface area contributed by atoms with Gasteiger partial charge in [0.15, 0.2) is 0 Å². The van der Waals surface area contributed by atoms with Crippen LogP contribution in [0.4, 0.5) is 11.4 Å². The van der Waals surface area contributed by atoms with Crippen molar-refractivity contribution >= 4 is 17.3 Å². The number of nitro benzene ring substituents is 1. The third kappa shape index (κ3) is 5.50. The fraction of sp³-hybridized carbons (Fsp3) is 0.500. The lowest BCUT2D eigenvalue weighted by Gasteiger charge is -2.36. The molecule has 2 aliphatic rings. The maximum absolute atomic E-state index is 13.1. The Kier molecular flexibility index (Phi) is 8.00. The van der Waals surface area contributed by atoms with Gasteiger partial charge in [-0.2, -0.15) is 0 Å². The smallest absolute Gasteiger partial charge is 0.292 e. The molecule has 0 aromatic heterocycles. The van der Waals surface area contributed by atoms with Crippen LogP contribution in [0.15, 0.2) is 48.5 Å². The molecular weight excluding hydrogens is 432 g/mol. The number of carbonyl (C=O) groups excluding carboxylic acids is 1. The van der Waals surface area contributed by atoms with Crippen LogP contribution in [0.25, 0.3) is 0 Å². The maximum Gasteiger partial charge on any atom is 0.292 e. The molecule has 0 bridgehead atoms. The van der Waals surface area contributed by atoms with Crippen molar-refractivity contribution in [2.24, 2.45) is 5.92 Å². The Balaban J connectivity index is 1.38. The van der Waals surface area contributed by atoms with Crippen molar-refractivity contribution in [1.29, 1.82) is 0 Å². The van der Waals surface area contributed by atoms with E-state index in [0.717, 1.165) is 24.4 Å². The molecule has 2 aromatic rings. The number of para-hydroxylation sites is 3. The van der Waals surface area contributed by atoms with E-state index in [-0.39, 0.29) is 28.5 Å². The van der Waals surface area contributed by atoms with Crippen LogP contribution in [0, 0.1) is 16.0 Å². The number of methoxy groups -OCH3 is 1. The summed E-state index contributed by atoms with van der Waals surface area (Å²) in [6.07, 6.45) is 4.95. The normalized spacial score (nSPS) is 18.3. The lowest BCUT2D eigenvalue weighted by molar-refractivity contribution is -0.384. The van der Waals surface area contributed by atoms with Gasteiger partial charge >= 0.3 is 0 Å². The van der Waals surface area contributed by atoms with E-state index in [0.29, 0.717) is 38.2 Å². The first-order valence-electron chi connectivity index (χ1n) is 12.2. The van der Waals surface area contributed by atoms with E-state index in [2.05, 4.69) is 16.3 Å². The van der Waals surface area contributed by atoms with Crippen molar-refractivity contribution in [3.05, 3.63) is 64.2 Å². The number of ether oxygens (including phenoxy) is 1. The molecule has 1 N–H and O–H groups in total. The van der Waals surface area contributed by atoms with Crippen LogP contribution in [0.5, 0.6) is 5.75 Å². The van der Waals surface area contributed by atoms with E-state index in [1.54, 1.807) is 19.2 Å². The molecule has 0 radical (unpaired) electrons. The third-order valence-electron chi connectivity index (χ3n) is 7.08. The SMILES string of the molecule is COc1ccccc1C(CNC(=O)C1CCN(c2ccccc2[N+](=O)[O-])CC1)N1CCCCC1. The van der Waals surface area contributed by atoms with Gasteiger partial charge in [-0.1, -0.05) is 36.8 Å². The molecule has 8 heteroatoms. The number of piperidine rings is 2. The molecule has 0 saturated carbocycles. The second kappa shape index (κ2) is 11.3. The second-order valence-electron chi connectivity index (χ2n) is 9.11. The van der Waals surface area contributed by atoms with Crippen molar-refractivity contribution in [1.82, 2.24) is 10.2 Å². The Morgan fingerprint density at radius 1 is 1.06 bits per heavy atom. The predicted octanol–water partition coefficient (Wildman–Crippen LogP) is 4.16. The second-order valence-corrected chi connectivity index (χ2v) is 9.11. The van der Waals surface area contributed by atoms with Crippen LogP contribution in [0.2, 0.25) is 0 Å². The molecular formula is C26H34N4O4. The number of hydrogen-bond donors (Lipinski definition) is 1. The fourth-order valence-corrected chi connectivity index (χ4v) is 5.22. The number of likely N-dealkylation sites (tertiary alicyclic amines) is 1. The van der Waals surface area contributed by atoms with E-state index < -0.39 is 0 Å². The molecule has 0 aliphatic carbocycles. The number of anilines is 1. The van der Waals surface area contributed by atoms with Gasteiger partial charge in [0.1, 0.15) is 11.4 Å². The van der Waals surface area contributed by atoms with E-state index in [9.17, 15) is 14.9 Å². The van der Waals surface area contributed by atoms with Gasteiger partial charge in [-0.05, 0) is 50.9 Å². The summed E-state index contributed by atoms with van der Waals surface area (Å²) in [5.74, 6) is 0.836. The zero-order valence-corrected chi connectivity index (χ0v) is 19.8. The van der Waals surface area contributed by atoms with Gasteiger partial charge in [0.05, 0.1) is 18.1 Å². The molecule has 4 rings (SSSR count). The molecule has 2 aromatic carbocycles. The zero-order valence-electron chi connectivity index (χ0n) is 19.8. The number of benzene rings is 2. The van der Waals surface area contributed by atoms with E-state index in [1.165, 1.54) is 25.3 Å². The number of nitrogens with one attached hydrogen (secondary N) is 1. The number of nitro groups is 1. The Bertz CT molecular complexity index is 984. The van der Waals surface area contributed by atoms with Gasteiger partial charge in [0, 0.05) is 37.2 Å². The average molecular weight is 467 g/mol. The molecule has 182 valence electrons. The molecule has 1 unspecified atom stereocenters. The molecule has 8 nitrogen and oxygen atoms in total. The highest BCUT2D eigenvalue weighted by molar-refractivity contribution is 5.79. The van der Waals surface area contributed by atoms with Gasteiger partial charge in [-0.3, -0.25) is 19.8 Å². The molecule has 1 atom stereocenters. The van der Waals surface area contributed by atoms with Crippen LogP contribution < -0.4 is 15.0 Å². The molecule has 34 heavy (non-hydrogen) atoms. The molecule has 0 spiro atoms. The fourth-order valence-electron chi connectivity index (χ4n) is 5.22. The quantitative estimate of drug-likeness (QED) is 0.464. The summed E-state index contributed by atoms with van der Waals surface area (Å²) in [5, 5.41) is 14.6. The van der Waals surface area contributed by atoms with Gasteiger partial charge in [0.25, 0.3) is 5.69 Å². The third-order valence-corrected chi connectivity index (χ3v) is 7.08. The average Bonchev–Trinajstić information content (AvgIpc) is 2.89. The minimum absolute atomic E-state index is 0.0686. The summed E-state index contributed by atoms with van der Waals surface area (Å²) in [6.45, 7) is 3.85. The Morgan fingerprint density at radius 2 is 1.74 bits per heavy atom. The van der Waals surface area contributed by atoms with Crippen molar-refractivity contribution in [3.8, 4) is 5.75 Å². The molecule has 2 fully saturated rings. The topological polar surface area (TPSA) is 87.9 Å². The van der Waals surface area contributed by atoms with Gasteiger partial charge < -0.3 is 15.0 Å². The minimum Gasteiger partial charge on any atom is -0.496 e. The highest BCUT2D eigenvalue weighted by Gasteiger charge is 2.30. The predicted molar refractivity (Wildman–Crippen MR) is 132 cm³/mol. The van der Waals surface area contributed by atoms with Crippen molar-refractivity contribution < 1.29 is 14.5 Å². The summed E-state index contributed by atoms with van der Waals surface area (Å²) >= 11 is 0. The van der Waals surface area contributed by atoms with Crippen LogP contribution in [-0.4, -0.2) is 55.6 Å². The van der Waals surface area contributed by atoms with Crippen molar-refractivity contribution in [2.75, 3.05) is 44.7 Å². The lowest BCUT2D eigenvalue weighted by atomic mass is 9.94. The number of rotatable bonds is 8. The summed E-state index contributed by atoms with van der Waals surface area (Å²) in [5.41, 5.74) is 1.86.